The van der Waals surface area contributed by atoms with Gasteiger partial charge in [0.2, 0.25) is 0 Å². The molecule has 0 unspecified atom stereocenters. The van der Waals surface area contributed by atoms with Crippen LogP contribution in [0, 0.1) is 0 Å². The number of aromatic hydroxyl groups is 1. The molecule has 3 heteroatoms. The molecule has 0 aromatic heterocycles. The van der Waals surface area contributed by atoms with Crippen molar-refractivity contribution in [1.82, 2.24) is 0 Å². The molecule has 0 bridgehead atoms. The number of benzene rings is 5. The SMILES string of the molecule is Oc1ccc(-c2ccccc2)cc1.c1ccc(Oc2ccc(Oc3ccccc3)cc2)cc1. The van der Waals surface area contributed by atoms with E-state index < -0.39 is 0 Å². The molecule has 0 aliphatic rings. The van der Waals surface area contributed by atoms with E-state index in [1.165, 1.54) is 5.56 Å². The van der Waals surface area contributed by atoms with Gasteiger partial charge in [0.15, 0.2) is 0 Å². The highest BCUT2D eigenvalue weighted by Crippen LogP contribution is 2.26. The highest BCUT2D eigenvalue weighted by atomic mass is 16.5. The summed E-state index contributed by atoms with van der Waals surface area (Å²) in [7, 11) is 0. The summed E-state index contributed by atoms with van der Waals surface area (Å²) in [4.78, 5) is 0. The van der Waals surface area contributed by atoms with E-state index in [4.69, 9.17) is 14.6 Å². The van der Waals surface area contributed by atoms with Gasteiger partial charge in [0.05, 0.1) is 0 Å². The van der Waals surface area contributed by atoms with Gasteiger partial charge in [0.25, 0.3) is 0 Å². The molecule has 0 amide bonds. The summed E-state index contributed by atoms with van der Waals surface area (Å²) in [5.74, 6) is 3.53. The molecule has 3 nitrogen and oxygen atoms in total. The molecule has 5 rings (SSSR count). The van der Waals surface area contributed by atoms with Gasteiger partial charge in [0.1, 0.15) is 28.7 Å². The average molecular weight is 433 g/mol. The van der Waals surface area contributed by atoms with Gasteiger partial charge in [-0.15, -0.1) is 0 Å². The van der Waals surface area contributed by atoms with Crippen molar-refractivity contribution >= 4 is 0 Å². The zero-order chi connectivity index (χ0) is 22.7. The summed E-state index contributed by atoms with van der Waals surface area (Å²) in [5, 5.41) is 9.10. The Balaban J connectivity index is 0.000000172. The smallest absolute Gasteiger partial charge is 0.127 e. The number of hydrogen-bond acceptors (Lipinski definition) is 3. The van der Waals surface area contributed by atoms with Crippen molar-refractivity contribution in [3.8, 4) is 39.9 Å². The Bertz CT molecular complexity index is 1160. The molecule has 0 saturated carbocycles. The zero-order valence-corrected chi connectivity index (χ0v) is 18.0. The predicted octanol–water partition coefficient (Wildman–Crippen LogP) is 8.33. The summed E-state index contributed by atoms with van der Waals surface area (Å²) in [6.45, 7) is 0. The molecule has 0 aliphatic carbocycles. The van der Waals surface area contributed by atoms with Crippen LogP contribution in [0.5, 0.6) is 28.7 Å². The molecule has 33 heavy (non-hydrogen) atoms. The number of para-hydroxylation sites is 2. The molecule has 0 aliphatic heterocycles. The first-order valence-electron chi connectivity index (χ1n) is 10.7. The van der Waals surface area contributed by atoms with Gasteiger partial charge in [-0.3, -0.25) is 0 Å². The number of ether oxygens (including phenoxy) is 2. The number of hydrogen-bond donors (Lipinski definition) is 1. The first-order valence-corrected chi connectivity index (χ1v) is 10.7. The average Bonchev–Trinajstić information content (AvgIpc) is 2.88. The summed E-state index contributed by atoms with van der Waals surface area (Å²) in [6, 6.07) is 44.3. The van der Waals surface area contributed by atoms with E-state index in [9.17, 15) is 0 Å². The number of phenolic OH excluding ortho intramolecular Hbond substituents is 1. The quantitative estimate of drug-likeness (QED) is 0.303. The van der Waals surface area contributed by atoms with Gasteiger partial charge >= 0.3 is 0 Å². The molecule has 5 aromatic rings. The largest absolute Gasteiger partial charge is 0.508 e. The van der Waals surface area contributed by atoms with Crippen molar-refractivity contribution in [2.24, 2.45) is 0 Å². The topological polar surface area (TPSA) is 38.7 Å². The maximum atomic E-state index is 9.10. The second kappa shape index (κ2) is 11.2. The Morgan fingerprint density at radius 2 is 0.667 bits per heavy atom. The van der Waals surface area contributed by atoms with Crippen LogP contribution in [0.1, 0.15) is 0 Å². The second-order valence-corrected chi connectivity index (χ2v) is 7.21. The minimum absolute atomic E-state index is 0.305. The normalized spacial score (nSPS) is 9.94. The lowest BCUT2D eigenvalue weighted by molar-refractivity contribution is 0.469. The Hall–Kier alpha value is -4.50. The lowest BCUT2D eigenvalue weighted by atomic mass is 10.1. The van der Waals surface area contributed by atoms with E-state index in [2.05, 4.69) is 0 Å². The molecule has 0 fully saturated rings. The third kappa shape index (κ3) is 6.74. The lowest BCUT2D eigenvalue weighted by Crippen LogP contribution is -1.85. The number of rotatable bonds is 5. The highest BCUT2D eigenvalue weighted by molar-refractivity contribution is 5.63. The maximum absolute atomic E-state index is 9.10. The minimum Gasteiger partial charge on any atom is -0.508 e. The van der Waals surface area contributed by atoms with Crippen LogP contribution in [-0.2, 0) is 0 Å². The van der Waals surface area contributed by atoms with Crippen LogP contribution in [-0.4, -0.2) is 5.11 Å². The highest BCUT2D eigenvalue weighted by Gasteiger charge is 1.99. The summed E-state index contributed by atoms with van der Waals surface area (Å²) in [5.41, 5.74) is 2.29. The standard InChI is InChI=1S/C18H14O2.C12H10O/c1-3-7-15(8-4-1)19-17-11-13-18(14-12-17)20-16-9-5-2-6-10-16;13-12-8-6-11(7-9-12)10-4-2-1-3-5-10/h1-14H;1-9,13H. The molecule has 0 spiro atoms. The van der Waals surface area contributed by atoms with Crippen molar-refractivity contribution in [3.63, 3.8) is 0 Å². The molecule has 162 valence electrons. The molecule has 1 N–H and O–H groups in total. The van der Waals surface area contributed by atoms with Crippen molar-refractivity contribution in [3.05, 3.63) is 140 Å². The van der Waals surface area contributed by atoms with E-state index >= 15 is 0 Å². The van der Waals surface area contributed by atoms with Crippen molar-refractivity contribution in [1.29, 1.82) is 0 Å². The third-order valence-electron chi connectivity index (χ3n) is 4.76. The third-order valence-corrected chi connectivity index (χ3v) is 4.76. The molecule has 0 saturated heterocycles. The molecular formula is C30H24O3. The maximum Gasteiger partial charge on any atom is 0.127 e. The van der Waals surface area contributed by atoms with E-state index in [1.54, 1.807) is 12.1 Å². The van der Waals surface area contributed by atoms with E-state index in [-0.39, 0.29) is 0 Å². The van der Waals surface area contributed by atoms with Gasteiger partial charge in [-0.25, -0.2) is 0 Å². The Morgan fingerprint density at radius 3 is 1.09 bits per heavy atom. The Labute approximate surface area is 194 Å². The monoisotopic (exact) mass is 432 g/mol. The fraction of sp³-hybridized carbons (Fsp3) is 0. The molecule has 0 heterocycles. The van der Waals surface area contributed by atoms with Gasteiger partial charge in [-0.2, -0.15) is 0 Å². The first kappa shape index (κ1) is 21.7. The van der Waals surface area contributed by atoms with Crippen LogP contribution in [0.25, 0.3) is 11.1 Å². The molecule has 0 radical (unpaired) electrons. The molecular weight excluding hydrogens is 408 g/mol. The van der Waals surface area contributed by atoms with E-state index in [1.807, 2.05) is 127 Å². The summed E-state index contributed by atoms with van der Waals surface area (Å²) in [6.07, 6.45) is 0. The molecule has 5 aromatic carbocycles. The van der Waals surface area contributed by atoms with Crippen LogP contribution in [0.2, 0.25) is 0 Å². The van der Waals surface area contributed by atoms with E-state index in [0.717, 1.165) is 28.6 Å². The van der Waals surface area contributed by atoms with Crippen LogP contribution in [0.3, 0.4) is 0 Å². The summed E-state index contributed by atoms with van der Waals surface area (Å²) < 4.78 is 11.5. The molecule has 0 atom stereocenters. The minimum atomic E-state index is 0.305. The number of phenols is 1. The van der Waals surface area contributed by atoms with Gasteiger partial charge in [-0.1, -0.05) is 78.9 Å². The van der Waals surface area contributed by atoms with Crippen LogP contribution >= 0.6 is 0 Å². The lowest BCUT2D eigenvalue weighted by Gasteiger charge is -2.08. The van der Waals surface area contributed by atoms with Crippen molar-refractivity contribution in [2.75, 3.05) is 0 Å². The Morgan fingerprint density at radius 1 is 0.333 bits per heavy atom. The fourth-order valence-corrected chi connectivity index (χ4v) is 3.11. The first-order chi connectivity index (χ1) is 16.3. The van der Waals surface area contributed by atoms with Gasteiger partial charge < -0.3 is 14.6 Å². The van der Waals surface area contributed by atoms with Crippen LogP contribution < -0.4 is 9.47 Å². The van der Waals surface area contributed by atoms with Crippen molar-refractivity contribution in [2.45, 2.75) is 0 Å². The van der Waals surface area contributed by atoms with E-state index in [0.29, 0.717) is 5.75 Å². The predicted molar refractivity (Wildman–Crippen MR) is 133 cm³/mol. The fourth-order valence-electron chi connectivity index (χ4n) is 3.11. The summed E-state index contributed by atoms with van der Waals surface area (Å²) >= 11 is 0. The second-order valence-electron chi connectivity index (χ2n) is 7.21. The Kier molecular flexibility index (Phi) is 7.38. The van der Waals surface area contributed by atoms with Gasteiger partial charge in [-0.05, 0) is 71.8 Å². The van der Waals surface area contributed by atoms with Gasteiger partial charge in [0, 0.05) is 0 Å². The van der Waals surface area contributed by atoms with Crippen LogP contribution in [0.4, 0.5) is 0 Å². The zero-order valence-electron chi connectivity index (χ0n) is 18.0. The van der Waals surface area contributed by atoms with Crippen molar-refractivity contribution < 1.29 is 14.6 Å². The van der Waals surface area contributed by atoms with Crippen LogP contribution in [0.15, 0.2) is 140 Å².